The molecule has 5 rings (SSSR count). The van der Waals surface area contributed by atoms with Crippen molar-refractivity contribution in [2.24, 2.45) is 0 Å². The fourth-order valence-corrected chi connectivity index (χ4v) is 6.25. The quantitative estimate of drug-likeness (QED) is 0.474. The molecule has 8 nitrogen and oxygen atoms in total. The van der Waals surface area contributed by atoms with Crippen LogP contribution in [0.15, 0.2) is 65.7 Å². The Morgan fingerprint density at radius 2 is 1.66 bits per heavy atom. The first-order valence-corrected chi connectivity index (χ1v) is 13.6. The van der Waals surface area contributed by atoms with Gasteiger partial charge in [-0.15, -0.1) is 0 Å². The van der Waals surface area contributed by atoms with Gasteiger partial charge in [-0.1, -0.05) is 30.3 Å². The van der Waals surface area contributed by atoms with Crippen molar-refractivity contribution in [1.29, 1.82) is 0 Å². The van der Waals surface area contributed by atoms with E-state index in [-0.39, 0.29) is 4.90 Å². The van der Waals surface area contributed by atoms with Crippen LogP contribution in [0.1, 0.15) is 5.56 Å². The van der Waals surface area contributed by atoms with Gasteiger partial charge in [0.05, 0.1) is 18.7 Å². The Balaban J connectivity index is 1.12. The molecule has 0 atom stereocenters. The average Bonchev–Trinajstić information content (AvgIpc) is 2.89. The molecule has 0 spiro atoms. The zero-order valence-corrected chi connectivity index (χ0v) is 20.7. The number of piperazine rings is 1. The van der Waals surface area contributed by atoms with Gasteiger partial charge in [0.15, 0.2) is 0 Å². The number of benzene rings is 2. The summed E-state index contributed by atoms with van der Waals surface area (Å²) in [4.78, 5) is 9.25. The Morgan fingerprint density at radius 3 is 2.49 bits per heavy atom. The summed E-state index contributed by atoms with van der Waals surface area (Å²) in [7, 11) is -3.59. The van der Waals surface area contributed by atoms with Crippen LogP contribution in [-0.4, -0.2) is 93.1 Å². The number of morpholine rings is 1. The average molecular weight is 497 g/mol. The van der Waals surface area contributed by atoms with Crippen LogP contribution in [0.3, 0.4) is 0 Å². The molecule has 35 heavy (non-hydrogen) atoms. The largest absolute Gasteiger partial charge is 0.492 e. The number of sulfonamides is 1. The molecule has 0 unspecified atom stereocenters. The van der Waals surface area contributed by atoms with Crippen LogP contribution in [0.5, 0.6) is 5.75 Å². The maximum absolute atomic E-state index is 13.3. The summed E-state index contributed by atoms with van der Waals surface area (Å²) in [6, 6.07) is 17.3. The van der Waals surface area contributed by atoms with Crippen molar-refractivity contribution in [2.75, 3.05) is 65.6 Å². The van der Waals surface area contributed by atoms with Crippen molar-refractivity contribution in [3.63, 3.8) is 0 Å². The molecule has 9 heteroatoms. The van der Waals surface area contributed by atoms with E-state index in [9.17, 15) is 8.42 Å². The lowest BCUT2D eigenvalue weighted by Crippen LogP contribution is -2.49. The molecule has 1 aromatic heterocycles. The molecule has 0 aliphatic carbocycles. The van der Waals surface area contributed by atoms with Gasteiger partial charge in [0.2, 0.25) is 10.0 Å². The van der Waals surface area contributed by atoms with E-state index in [0.717, 1.165) is 50.5 Å². The standard InChI is InChI=1S/C26H32N4O4S/c31-35(32,25-8-2-5-23-6-3-9-27-26(23)25)30-12-10-28(11-13-30)16-19-34-24-7-1-4-22(20-24)21-29-14-17-33-18-15-29/h1-9,20H,10-19,21H2. The van der Waals surface area contributed by atoms with Crippen LogP contribution in [0.25, 0.3) is 10.9 Å². The Morgan fingerprint density at radius 1 is 0.886 bits per heavy atom. The van der Waals surface area contributed by atoms with Crippen LogP contribution in [-0.2, 0) is 21.3 Å². The summed E-state index contributed by atoms with van der Waals surface area (Å²) in [6.07, 6.45) is 1.64. The third kappa shape index (κ3) is 5.82. The van der Waals surface area contributed by atoms with E-state index in [1.807, 2.05) is 30.3 Å². The van der Waals surface area contributed by atoms with E-state index in [4.69, 9.17) is 9.47 Å². The molecule has 3 heterocycles. The van der Waals surface area contributed by atoms with Crippen LogP contribution < -0.4 is 4.74 Å². The molecule has 0 amide bonds. The smallest absolute Gasteiger partial charge is 0.245 e. The minimum absolute atomic E-state index is 0.282. The van der Waals surface area contributed by atoms with Gasteiger partial charge in [-0.2, -0.15) is 4.31 Å². The predicted octanol–water partition coefficient (Wildman–Crippen LogP) is 2.45. The van der Waals surface area contributed by atoms with Crippen molar-refractivity contribution in [2.45, 2.75) is 11.4 Å². The molecular weight excluding hydrogens is 464 g/mol. The Labute approximate surface area is 207 Å². The molecule has 2 fully saturated rings. The number of hydrogen-bond acceptors (Lipinski definition) is 7. The van der Waals surface area contributed by atoms with E-state index in [1.165, 1.54) is 5.56 Å². The summed E-state index contributed by atoms with van der Waals surface area (Å²) in [5.74, 6) is 0.875. The van der Waals surface area contributed by atoms with Gasteiger partial charge in [0.1, 0.15) is 17.3 Å². The molecule has 2 saturated heterocycles. The van der Waals surface area contributed by atoms with Crippen LogP contribution >= 0.6 is 0 Å². The van der Waals surface area contributed by atoms with E-state index in [0.29, 0.717) is 38.3 Å². The summed E-state index contributed by atoms with van der Waals surface area (Å²) in [5.41, 5.74) is 1.77. The number of para-hydroxylation sites is 1. The second-order valence-corrected chi connectivity index (χ2v) is 10.9. The normalized spacial score (nSPS) is 18.6. The topological polar surface area (TPSA) is 75.2 Å². The highest BCUT2D eigenvalue weighted by molar-refractivity contribution is 7.89. The molecule has 0 saturated carbocycles. The molecule has 2 aromatic carbocycles. The van der Waals surface area contributed by atoms with E-state index in [1.54, 1.807) is 22.6 Å². The molecule has 0 radical (unpaired) electrons. The number of fused-ring (bicyclic) bond motifs is 1. The first-order chi connectivity index (χ1) is 17.1. The lowest BCUT2D eigenvalue weighted by Gasteiger charge is -2.34. The molecule has 2 aliphatic heterocycles. The summed E-state index contributed by atoms with van der Waals surface area (Å²) in [6.45, 7) is 8.03. The minimum Gasteiger partial charge on any atom is -0.492 e. The maximum Gasteiger partial charge on any atom is 0.245 e. The Kier molecular flexibility index (Phi) is 7.60. The van der Waals surface area contributed by atoms with Gasteiger partial charge < -0.3 is 9.47 Å². The molecule has 186 valence electrons. The van der Waals surface area contributed by atoms with Crippen molar-refractivity contribution >= 4 is 20.9 Å². The third-order valence-corrected chi connectivity index (χ3v) is 8.56. The number of hydrogen-bond donors (Lipinski definition) is 0. The van der Waals surface area contributed by atoms with Crippen molar-refractivity contribution in [3.05, 3.63) is 66.4 Å². The second-order valence-electron chi connectivity index (χ2n) is 8.96. The number of nitrogens with zero attached hydrogens (tertiary/aromatic N) is 4. The molecule has 0 bridgehead atoms. The van der Waals surface area contributed by atoms with Gasteiger partial charge >= 0.3 is 0 Å². The lowest BCUT2D eigenvalue weighted by molar-refractivity contribution is 0.0341. The molecule has 0 N–H and O–H groups in total. The molecular formula is C26H32N4O4S. The first-order valence-electron chi connectivity index (χ1n) is 12.2. The van der Waals surface area contributed by atoms with Gasteiger partial charge in [0, 0.05) is 63.9 Å². The highest BCUT2D eigenvalue weighted by Gasteiger charge is 2.30. The first kappa shape index (κ1) is 24.1. The van der Waals surface area contributed by atoms with Crippen LogP contribution in [0.4, 0.5) is 0 Å². The summed E-state index contributed by atoms with van der Waals surface area (Å²) in [5, 5.41) is 0.832. The van der Waals surface area contributed by atoms with E-state index >= 15 is 0 Å². The summed E-state index contributed by atoms with van der Waals surface area (Å²) < 4.78 is 39.7. The predicted molar refractivity (Wildman–Crippen MR) is 135 cm³/mol. The minimum atomic E-state index is -3.59. The maximum atomic E-state index is 13.3. The number of ether oxygens (including phenoxy) is 2. The monoisotopic (exact) mass is 496 g/mol. The Bertz CT molecular complexity index is 1230. The van der Waals surface area contributed by atoms with Crippen molar-refractivity contribution in [1.82, 2.24) is 19.1 Å². The molecule has 3 aromatic rings. The lowest BCUT2D eigenvalue weighted by atomic mass is 10.2. The zero-order valence-electron chi connectivity index (χ0n) is 19.9. The third-order valence-electron chi connectivity index (χ3n) is 6.63. The van der Waals surface area contributed by atoms with E-state index in [2.05, 4.69) is 26.9 Å². The zero-order chi connectivity index (χ0) is 24.1. The fraction of sp³-hybridized carbons (Fsp3) is 0.423. The van der Waals surface area contributed by atoms with Crippen LogP contribution in [0, 0.1) is 0 Å². The number of aromatic nitrogens is 1. The number of pyridine rings is 1. The van der Waals surface area contributed by atoms with Crippen molar-refractivity contribution < 1.29 is 17.9 Å². The van der Waals surface area contributed by atoms with Gasteiger partial charge in [-0.3, -0.25) is 14.8 Å². The van der Waals surface area contributed by atoms with Gasteiger partial charge in [0.25, 0.3) is 0 Å². The highest BCUT2D eigenvalue weighted by Crippen LogP contribution is 2.25. The van der Waals surface area contributed by atoms with Gasteiger partial charge in [-0.05, 0) is 29.8 Å². The van der Waals surface area contributed by atoms with Gasteiger partial charge in [-0.25, -0.2) is 8.42 Å². The SMILES string of the molecule is O=S(=O)(c1cccc2cccnc12)N1CCN(CCOc2cccc(CN3CCOCC3)c2)CC1. The van der Waals surface area contributed by atoms with E-state index < -0.39 is 10.0 Å². The highest BCUT2D eigenvalue weighted by atomic mass is 32.2. The Hall–Kier alpha value is -2.56. The fourth-order valence-electron chi connectivity index (χ4n) is 4.66. The number of rotatable bonds is 8. The van der Waals surface area contributed by atoms with Crippen molar-refractivity contribution in [3.8, 4) is 5.75 Å². The van der Waals surface area contributed by atoms with Crippen LogP contribution in [0.2, 0.25) is 0 Å². The summed E-state index contributed by atoms with van der Waals surface area (Å²) >= 11 is 0. The second kappa shape index (κ2) is 11.0. The molecule has 2 aliphatic rings.